The number of nitrogen functional groups attached to an aromatic ring is 1. The predicted molar refractivity (Wildman–Crippen MR) is 82.2 cm³/mol. The van der Waals surface area contributed by atoms with Gasteiger partial charge in [-0.05, 0) is 30.4 Å². The largest absolute Gasteiger partial charge is 0.396 e. The number of nitrogens with two attached hydrogens (primary N) is 1. The molecule has 1 aliphatic carbocycles. The maximum atomic E-state index is 13.9. The molecule has 118 valence electrons. The van der Waals surface area contributed by atoms with Crippen LogP contribution in [-0.4, -0.2) is 15.0 Å². The van der Waals surface area contributed by atoms with Gasteiger partial charge in [0.1, 0.15) is 4.90 Å². The van der Waals surface area contributed by atoms with Gasteiger partial charge in [-0.3, -0.25) is 0 Å². The number of nitrogens with one attached hydrogen (secondary N) is 1. The van der Waals surface area contributed by atoms with Crippen molar-refractivity contribution in [2.75, 3.05) is 12.3 Å². The van der Waals surface area contributed by atoms with E-state index in [9.17, 15) is 12.8 Å². The second-order valence-corrected chi connectivity index (χ2v) is 8.17. The van der Waals surface area contributed by atoms with Crippen LogP contribution in [0.15, 0.2) is 17.0 Å². The normalized spacial score (nSPS) is 18.6. The van der Waals surface area contributed by atoms with E-state index < -0.39 is 20.7 Å². The molecule has 1 fully saturated rings. The zero-order valence-electron chi connectivity index (χ0n) is 12.0. The summed E-state index contributed by atoms with van der Waals surface area (Å²) in [5, 5.41) is 0.0955. The van der Waals surface area contributed by atoms with Crippen LogP contribution in [0.25, 0.3) is 0 Å². The Morgan fingerprint density at radius 2 is 1.95 bits per heavy atom. The summed E-state index contributed by atoms with van der Waals surface area (Å²) in [6.45, 7) is 2.35. The SMILES string of the molecule is CC1(CNS(=O)(=O)c2cc(Cl)cc(N)c2F)CCCCC1. The molecule has 0 aliphatic heterocycles. The molecule has 7 heteroatoms. The highest BCUT2D eigenvalue weighted by molar-refractivity contribution is 7.89. The maximum absolute atomic E-state index is 13.9. The molecule has 1 saturated carbocycles. The predicted octanol–water partition coefficient (Wildman–Crippen LogP) is 3.31. The van der Waals surface area contributed by atoms with E-state index >= 15 is 0 Å². The highest BCUT2D eigenvalue weighted by atomic mass is 35.5. The third kappa shape index (κ3) is 3.87. The molecule has 0 radical (unpaired) electrons. The Balaban J connectivity index is 2.19. The molecule has 2 rings (SSSR count). The summed E-state index contributed by atoms with van der Waals surface area (Å²) in [6.07, 6.45) is 5.31. The molecule has 21 heavy (non-hydrogen) atoms. The number of sulfonamides is 1. The number of rotatable bonds is 4. The third-order valence-electron chi connectivity index (χ3n) is 4.07. The van der Waals surface area contributed by atoms with Gasteiger partial charge in [-0.25, -0.2) is 17.5 Å². The summed E-state index contributed by atoms with van der Waals surface area (Å²) >= 11 is 5.77. The molecule has 1 aliphatic rings. The molecule has 0 bridgehead atoms. The summed E-state index contributed by atoms with van der Waals surface area (Å²) in [5.74, 6) is -0.958. The fourth-order valence-corrected chi connectivity index (χ4v) is 4.33. The first-order valence-electron chi connectivity index (χ1n) is 6.98. The molecule has 0 atom stereocenters. The van der Waals surface area contributed by atoms with Crippen molar-refractivity contribution in [1.82, 2.24) is 4.72 Å². The van der Waals surface area contributed by atoms with Crippen molar-refractivity contribution < 1.29 is 12.8 Å². The highest BCUT2D eigenvalue weighted by Gasteiger charge is 2.30. The molecular weight excluding hydrogens is 315 g/mol. The minimum absolute atomic E-state index is 0.0775. The Hall–Kier alpha value is -0.850. The van der Waals surface area contributed by atoms with Gasteiger partial charge >= 0.3 is 0 Å². The molecule has 0 unspecified atom stereocenters. The molecule has 1 aromatic rings. The minimum Gasteiger partial charge on any atom is -0.396 e. The van der Waals surface area contributed by atoms with E-state index in [1.165, 1.54) is 12.5 Å². The lowest BCUT2D eigenvalue weighted by Crippen LogP contribution is -2.37. The summed E-state index contributed by atoms with van der Waals surface area (Å²) in [7, 11) is -3.96. The quantitative estimate of drug-likeness (QED) is 0.830. The summed E-state index contributed by atoms with van der Waals surface area (Å²) in [6, 6.07) is 2.27. The van der Waals surface area contributed by atoms with Crippen molar-refractivity contribution in [3.05, 3.63) is 23.0 Å². The maximum Gasteiger partial charge on any atom is 0.243 e. The van der Waals surface area contributed by atoms with Gasteiger partial charge < -0.3 is 5.73 Å². The van der Waals surface area contributed by atoms with Crippen LogP contribution in [0.4, 0.5) is 10.1 Å². The number of hydrogen-bond acceptors (Lipinski definition) is 3. The number of halogens is 2. The van der Waals surface area contributed by atoms with Crippen molar-refractivity contribution in [2.24, 2.45) is 5.41 Å². The second kappa shape index (κ2) is 6.10. The third-order valence-corrected chi connectivity index (χ3v) is 5.69. The Morgan fingerprint density at radius 3 is 2.57 bits per heavy atom. The van der Waals surface area contributed by atoms with Crippen molar-refractivity contribution in [2.45, 2.75) is 43.9 Å². The Kier molecular flexibility index (Phi) is 4.80. The molecule has 1 aromatic carbocycles. The van der Waals surface area contributed by atoms with Gasteiger partial charge in [-0.15, -0.1) is 0 Å². The smallest absolute Gasteiger partial charge is 0.243 e. The van der Waals surface area contributed by atoms with Crippen molar-refractivity contribution >= 4 is 27.3 Å². The number of anilines is 1. The van der Waals surface area contributed by atoms with Crippen LogP contribution in [0.5, 0.6) is 0 Å². The van der Waals surface area contributed by atoms with Crippen LogP contribution in [0.1, 0.15) is 39.0 Å². The lowest BCUT2D eigenvalue weighted by molar-refractivity contribution is 0.219. The van der Waals surface area contributed by atoms with E-state index in [0.29, 0.717) is 6.54 Å². The Morgan fingerprint density at radius 1 is 1.33 bits per heavy atom. The summed E-state index contributed by atoms with van der Waals surface area (Å²) < 4.78 is 41.0. The van der Waals surface area contributed by atoms with Gasteiger partial charge in [0.25, 0.3) is 0 Å². The van der Waals surface area contributed by atoms with E-state index in [2.05, 4.69) is 11.6 Å². The molecule has 0 amide bonds. The molecule has 0 heterocycles. The fourth-order valence-electron chi connectivity index (χ4n) is 2.71. The van der Waals surface area contributed by atoms with Gasteiger partial charge in [0.2, 0.25) is 10.0 Å². The monoisotopic (exact) mass is 334 g/mol. The standard InChI is InChI=1S/C14H20ClFN2O2S/c1-14(5-3-2-4-6-14)9-18-21(19,20)12-8-10(15)7-11(17)13(12)16/h7-8,18H,2-6,9,17H2,1H3. The van der Waals surface area contributed by atoms with Gasteiger partial charge in [0.05, 0.1) is 5.69 Å². The number of hydrogen-bond donors (Lipinski definition) is 2. The fraction of sp³-hybridized carbons (Fsp3) is 0.571. The first kappa shape index (κ1) is 16.5. The van der Waals surface area contributed by atoms with Crippen molar-refractivity contribution in [3.8, 4) is 0 Å². The van der Waals surface area contributed by atoms with Crippen LogP contribution in [0.3, 0.4) is 0 Å². The molecule has 4 nitrogen and oxygen atoms in total. The van der Waals surface area contributed by atoms with Gasteiger partial charge in [0.15, 0.2) is 5.82 Å². The summed E-state index contributed by atoms with van der Waals surface area (Å²) in [4.78, 5) is -0.494. The average Bonchev–Trinajstić information content (AvgIpc) is 2.42. The van der Waals surface area contributed by atoms with E-state index in [1.54, 1.807) is 0 Å². The minimum atomic E-state index is -3.96. The molecule has 3 N–H and O–H groups in total. The topological polar surface area (TPSA) is 72.2 Å². The zero-order valence-corrected chi connectivity index (χ0v) is 13.5. The van der Waals surface area contributed by atoms with Crippen molar-refractivity contribution in [1.29, 1.82) is 0 Å². The first-order valence-corrected chi connectivity index (χ1v) is 8.84. The van der Waals surface area contributed by atoms with Gasteiger partial charge in [0, 0.05) is 11.6 Å². The highest BCUT2D eigenvalue weighted by Crippen LogP contribution is 2.35. The van der Waals surface area contributed by atoms with Crippen molar-refractivity contribution in [3.63, 3.8) is 0 Å². The molecule has 0 spiro atoms. The molecular formula is C14H20ClFN2O2S. The van der Waals surface area contributed by atoms with Crippen LogP contribution in [0, 0.1) is 11.2 Å². The van der Waals surface area contributed by atoms with Crippen LogP contribution >= 0.6 is 11.6 Å². The van der Waals surface area contributed by atoms with E-state index in [4.69, 9.17) is 17.3 Å². The molecule has 0 saturated heterocycles. The lowest BCUT2D eigenvalue weighted by Gasteiger charge is -2.33. The Labute approximate surface area is 129 Å². The van der Waals surface area contributed by atoms with Crippen LogP contribution in [0.2, 0.25) is 5.02 Å². The van der Waals surface area contributed by atoms with Crippen LogP contribution in [-0.2, 0) is 10.0 Å². The number of benzene rings is 1. The second-order valence-electron chi connectivity index (χ2n) is 6.00. The van der Waals surface area contributed by atoms with Crippen LogP contribution < -0.4 is 10.5 Å². The lowest BCUT2D eigenvalue weighted by atomic mass is 9.76. The van der Waals surface area contributed by atoms with E-state index in [-0.39, 0.29) is 16.1 Å². The summed E-state index contributed by atoms with van der Waals surface area (Å²) in [5.41, 5.74) is 5.08. The first-order chi connectivity index (χ1) is 9.73. The van der Waals surface area contributed by atoms with Gasteiger partial charge in [-0.1, -0.05) is 37.8 Å². The average molecular weight is 335 g/mol. The van der Waals surface area contributed by atoms with E-state index in [1.807, 2.05) is 0 Å². The van der Waals surface area contributed by atoms with E-state index in [0.717, 1.165) is 31.7 Å². The van der Waals surface area contributed by atoms with Gasteiger partial charge in [-0.2, -0.15) is 0 Å². The molecule has 0 aromatic heterocycles. The Bertz CT molecular complexity index is 628. The zero-order chi connectivity index (χ0) is 15.7.